The van der Waals surface area contributed by atoms with Crippen molar-refractivity contribution in [2.75, 3.05) is 7.11 Å². The number of carbonyl (C=O) groups is 1. The highest BCUT2D eigenvalue weighted by Crippen LogP contribution is 2.24. The van der Waals surface area contributed by atoms with Gasteiger partial charge >= 0.3 is 0 Å². The molecule has 1 N–H and O–H groups in total. The van der Waals surface area contributed by atoms with Gasteiger partial charge in [-0.3, -0.25) is 4.79 Å². The number of methoxy groups -OCH3 is 1. The fraction of sp³-hybridized carbons (Fsp3) is 0.133. The number of amides is 1. The third kappa shape index (κ3) is 3.48. The van der Waals surface area contributed by atoms with Crippen molar-refractivity contribution in [3.05, 3.63) is 64.4 Å². The van der Waals surface area contributed by atoms with Crippen LogP contribution >= 0.6 is 11.6 Å². The molecule has 0 aliphatic heterocycles. The minimum atomic E-state index is -0.440. The molecule has 0 aromatic heterocycles. The highest BCUT2D eigenvalue weighted by atomic mass is 35.5. The third-order valence-electron chi connectivity index (χ3n) is 2.76. The summed E-state index contributed by atoms with van der Waals surface area (Å²) < 4.78 is 18.1. The zero-order valence-corrected chi connectivity index (χ0v) is 11.6. The Kier molecular flexibility index (Phi) is 4.58. The first-order chi connectivity index (χ1) is 9.60. The number of nitrogens with one attached hydrogen (secondary N) is 1. The van der Waals surface area contributed by atoms with Crippen molar-refractivity contribution >= 4 is 17.5 Å². The normalized spacial score (nSPS) is 10.2. The Bertz CT molecular complexity index is 631. The first kappa shape index (κ1) is 14.3. The van der Waals surface area contributed by atoms with E-state index in [1.165, 1.54) is 25.3 Å². The molecule has 0 atom stereocenters. The molecule has 0 saturated carbocycles. The van der Waals surface area contributed by atoms with Crippen LogP contribution in [0.1, 0.15) is 15.9 Å². The SMILES string of the molecule is COc1ccc(CNC(=O)c2cccc(F)c2)cc1Cl. The molecule has 0 fully saturated rings. The summed E-state index contributed by atoms with van der Waals surface area (Å²) in [6.45, 7) is 0.305. The van der Waals surface area contributed by atoms with E-state index < -0.39 is 5.82 Å². The fourth-order valence-corrected chi connectivity index (χ4v) is 2.01. The summed E-state index contributed by atoms with van der Waals surface area (Å²) in [5.74, 6) is -0.201. The second kappa shape index (κ2) is 6.39. The molecule has 1 amide bonds. The Morgan fingerprint density at radius 3 is 2.75 bits per heavy atom. The van der Waals surface area contributed by atoms with Gasteiger partial charge in [0.15, 0.2) is 0 Å². The van der Waals surface area contributed by atoms with Crippen LogP contribution in [-0.4, -0.2) is 13.0 Å². The molecule has 0 saturated heterocycles. The molecule has 0 bridgehead atoms. The molecule has 0 unspecified atom stereocenters. The van der Waals surface area contributed by atoms with E-state index in [9.17, 15) is 9.18 Å². The molecule has 2 rings (SSSR count). The predicted molar refractivity (Wildman–Crippen MR) is 75.6 cm³/mol. The lowest BCUT2D eigenvalue weighted by Crippen LogP contribution is -2.22. The van der Waals surface area contributed by atoms with Crippen molar-refractivity contribution in [3.63, 3.8) is 0 Å². The van der Waals surface area contributed by atoms with Crippen LogP contribution < -0.4 is 10.1 Å². The average molecular weight is 294 g/mol. The van der Waals surface area contributed by atoms with E-state index >= 15 is 0 Å². The highest BCUT2D eigenvalue weighted by molar-refractivity contribution is 6.32. The van der Waals surface area contributed by atoms with Crippen LogP contribution in [0.3, 0.4) is 0 Å². The van der Waals surface area contributed by atoms with Gasteiger partial charge in [-0.15, -0.1) is 0 Å². The first-order valence-electron chi connectivity index (χ1n) is 5.96. The summed E-state index contributed by atoms with van der Waals surface area (Å²) in [5.41, 5.74) is 1.12. The Hall–Kier alpha value is -2.07. The van der Waals surface area contributed by atoms with Gasteiger partial charge in [0.25, 0.3) is 5.91 Å². The number of halogens is 2. The van der Waals surface area contributed by atoms with Crippen LogP contribution in [-0.2, 0) is 6.54 Å². The zero-order chi connectivity index (χ0) is 14.5. The maximum atomic E-state index is 13.0. The molecule has 0 spiro atoms. The summed E-state index contributed by atoms with van der Waals surface area (Å²) in [5, 5.41) is 3.18. The molecular weight excluding hydrogens is 281 g/mol. The van der Waals surface area contributed by atoms with Gasteiger partial charge in [0.2, 0.25) is 0 Å². The molecular formula is C15H13ClFNO2. The van der Waals surface area contributed by atoms with Gasteiger partial charge in [-0.05, 0) is 35.9 Å². The molecule has 0 radical (unpaired) electrons. The highest BCUT2D eigenvalue weighted by Gasteiger charge is 2.07. The van der Waals surface area contributed by atoms with Crippen molar-refractivity contribution in [3.8, 4) is 5.75 Å². The standard InChI is InChI=1S/C15H13ClFNO2/c1-20-14-6-5-10(7-13(14)16)9-18-15(19)11-3-2-4-12(17)8-11/h2-8H,9H2,1H3,(H,18,19). The van der Waals surface area contributed by atoms with Crippen LogP contribution in [0.15, 0.2) is 42.5 Å². The van der Waals surface area contributed by atoms with Gasteiger partial charge in [0.1, 0.15) is 11.6 Å². The van der Waals surface area contributed by atoms with Gasteiger partial charge < -0.3 is 10.1 Å². The molecule has 2 aromatic carbocycles. The van der Waals surface area contributed by atoms with Crippen molar-refractivity contribution < 1.29 is 13.9 Å². The molecule has 3 nitrogen and oxygen atoms in total. The molecule has 0 aliphatic carbocycles. The Balaban J connectivity index is 2.02. The monoisotopic (exact) mass is 293 g/mol. The smallest absolute Gasteiger partial charge is 0.251 e. The van der Waals surface area contributed by atoms with Gasteiger partial charge in [-0.1, -0.05) is 23.7 Å². The largest absolute Gasteiger partial charge is 0.495 e. The molecule has 104 valence electrons. The van der Waals surface area contributed by atoms with Crippen LogP contribution in [0.5, 0.6) is 5.75 Å². The van der Waals surface area contributed by atoms with E-state index in [0.29, 0.717) is 17.3 Å². The molecule has 20 heavy (non-hydrogen) atoms. The van der Waals surface area contributed by atoms with E-state index in [2.05, 4.69) is 5.32 Å². The Morgan fingerprint density at radius 2 is 2.10 bits per heavy atom. The quantitative estimate of drug-likeness (QED) is 0.938. The lowest BCUT2D eigenvalue weighted by molar-refractivity contribution is 0.0950. The zero-order valence-electron chi connectivity index (χ0n) is 10.8. The van der Waals surface area contributed by atoms with Crippen molar-refractivity contribution in [2.24, 2.45) is 0 Å². The average Bonchev–Trinajstić information content (AvgIpc) is 2.45. The maximum Gasteiger partial charge on any atom is 0.251 e. The Morgan fingerprint density at radius 1 is 1.30 bits per heavy atom. The van der Waals surface area contributed by atoms with Gasteiger partial charge in [-0.2, -0.15) is 0 Å². The Labute approximate surface area is 121 Å². The van der Waals surface area contributed by atoms with E-state index in [0.717, 1.165) is 5.56 Å². The molecule has 0 aliphatic rings. The second-order valence-electron chi connectivity index (χ2n) is 4.16. The first-order valence-corrected chi connectivity index (χ1v) is 6.34. The number of hydrogen-bond donors (Lipinski definition) is 1. The van der Waals surface area contributed by atoms with Crippen LogP contribution in [0, 0.1) is 5.82 Å². The minimum absolute atomic E-state index is 0.282. The van der Waals surface area contributed by atoms with Gasteiger partial charge in [0.05, 0.1) is 12.1 Å². The maximum absolute atomic E-state index is 13.0. The molecule has 0 heterocycles. The van der Waals surface area contributed by atoms with E-state index in [-0.39, 0.29) is 11.5 Å². The topological polar surface area (TPSA) is 38.3 Å². The third-order valence-corrected chi connectivity index (χ3v) is 3.05. The van der Waals surface area contributed by atoms with Crippen molar-refractivity contribution in [1.29, 1.82) is 0 Å². The summed E-state index contributed by atoms with van der Waals surface area (Å²) in [6, 6.07) is 10.8. The summed E-state index contributed by atoms with van der Waals surface area (Å²) in [7, 11) is 1.53. The van der Waals surface area contributed by atoms with Crippen LogP contribution in [0.2, 0.25) is 5.02 Å². The van der Waals surface area contributed by atoms with Crippen molar-refractivity contribution in [2.45, 2.75) is 6.54 Å². The number of carbonyl (C=O) groups excluding carboxylic acids is 1. The van der Waals surface area contributed by atoms with Crippen molar-refractivity contribution in [1.82, 2.24) is 5.32 Å². The van der Waals surface area contributed by atoms with Crippen LogP contribution in [0.25, 0.3) is 0 Å². The molecule has 5 heteroatoms. The fourth-order valence-electron chi connectivity index (χ4n) is 1.73. The number of rotatable bonds is 4. The van der Waals surface area contributed by atoms with Gasteiger partial charge in [0, 0.05) is 12.1 Å². The summed E-state index contributed by atoms with van der Waals surface area (Å²) >= 11 is 6.00. The van der Waals surface area contributed by atoms with Gasteiger partial charge in [-0.25, -0.2) is 4.39 Å². The lowest BCUT2D eigenvalue weighted by atomic mass is 10.2. The number of hydrogen-bond acceptors (Lipinski definition) is 2. The van der Waals surface area contributed by atoms with Crippen LogP contribution in [0.4, 0.5) is 4.39 Å². The number of benzene rings is 2. The van der Waals surface area contributed by atoms with E-state index in [4.69, 9.17) is 16.3 Å². The number of ether oxygens (including phenoxy) is 1. The van der Waals surface area contributed by atoms with E-state index in [1.807, 2.05) is 0 Å². The van der Waals surface area contributed by atoms with E-state index in [1.54, 1.807) is 24.3 Å². The predicted octanol–water partition coefficient (Wildman–Crippen LogP) is 3.42. The minimum Gasteiger partial charge on any atom is -0.495 e. The molecule has 2 aromatic rings. The summed E-state index contributed by atoms with van der Waals surface area (Å²) in [4.78, 5) is 11.8. The second-order valence-corrected chi connectivity index (χ2v) is 4.57. The lowest BCUT2D eigenvalue weighted by Gasteiger charge is -2.08. The summed E-state index contributed by atoms with van der Waals surface area (Å²) in [6.07, 6.45) is 0.